The van der Waals surface area contributed by atoms with Crippen LogP contribution in [-0.4, -0.2) is 6.54 Å². The molecule has 0 saturated carbocycles. The van der Waals surface area contributed by atoms with E-state index in [2.05, 4.69) is 31.2 Å². The molecule has 1 nitrogen and oxygen atoms in total. The second-order valence-corrected chi connectivity index (χ2v) is 4.19. The van der Waals surface area contributed by atoms with Crippen molar-refractivity contribution in [1.82, 2.24) is 0 Å². The zero-order valence-corrected chi connectivity index (χ0v) is 9.59. The van der Waals surface area contributed by atoms with Crippen molar-refractivity contribution in [2.45, 2.75) is 26.7 Å². The van der Waals surface area contributed by atoms with Crippen LogP contribution in [0.15, 0.2) is 24.3 Å². The molecule has 1 heteroatoms. The second kappa shape index (κ2) is 6.14. The quantitative estimate of drug-likeness (QED) is 0.568. The molecule has 0 bridgehead atoms. The first kappa shape index (κ1) is 11.7. The summed E-state index contributed by atoms with van der Waals surface area (Å²) >= 11 is 0. The maximum absolute atomic E-state index is 5.34. The van der Waals surface area contributed by atoms with E-state index in [1.807, 2.05) is 18.2 Å². The second-order valence-electron chi connectivity index (χ2n) is 4.19. The van der Waals surface area contributed by atoms with Crippen LogP contribution in [0.4, 0.5) is 5.69 Å². The van der Waals surface area contributed by atoms with Gasteiger partial charge in [0.2, 0.25) is 0 Å². The number of benzene rings is 1. The highest BCUT2D eigenvalue weighted by atomic mass is 14.9. The van der Waals surface area contributed by atoms with E-state index < -0.39 is 0 Å². The fraction of sp³-hybridized carbons (Fsp3) is 0.429. The van der Waals surface area contributed by atoms with Gasteiger partial charge in [0.05, 0.1) is 0 Å². The van der Waals surface area contributed by atoms with Crippen LogP contribution in [0.2, 0.25) is 0 Å². The van der Waals surface area contributed by atoms with Crippen molar-refractivity contribution in [1.29, 1.82) is 0 Å². The van der Waals surface area contributed by atoms with Gasteiger partial charge in [0.25, 0.3) is 0 Å². The lowest BCUT2D eigenvalue weighted by molar-refractivity contribution is 0.567. The summed E-state index contributed by atoms with van der Waals surface area (Å²) in [7, 11) is 0. The number of anilines is 1. The summed E-state index contributed by atoms with van der Waals surface area (Å²) < 4.78 is 0. The molecular weight excluding hydrogens is 182 g/mol. The van der Waals surface area contributed by atoms with Crippen molar-refractivity contribution in [2.75, 3.05) is 11.9 Å². The minimum absolute atomic E-state index is 0.781. The molecule has 15 heavy (non-hydrogen) atoms. The molecule has 1 N–H and O–H groups in total. The SMILES string of the molecule is C#Cc1cccc(NCCCC(C)C)c1. The zero-order valence-electron chi connectivity index (χ0n) is 9.59. The van der Waals surface area contributed by atoms with Gasteiger partial charge in [-0.2, -0.15) is 0 Å². The third-order valence-corrected chi connectivity index (χ3v) is 2.32. The Morgan fingerprint density at radius 1 is 1.40 bits per heavy atom. The molecule has 0 unspecified atom stereocenters. The van der Waals surface area contributed by atoms with Gasteiger partial charge in [0, 0.05) is 17.8 Å². The fourth-order valence-corrected chi connectivity index (χ4v) is 1.46. The van der Waals surface area contributed by atoms with Crippen molar-refractivity contribution in [3.05, 3.63) is 29.8 Å². The van der Waals surface area contributed by atoms with E-state index in [1.54, 1.807) is 0 Å². The predicted octanol–water partition coefficient (Wildman–Crippen LogP) is 3.52. The fourth-order valence-electron chi connectivity index (χ4n) is 1.46. The lowest BCUT2D eigenvalue weighted by atomic mass is 10.1. The number of hydrogen-bond donors (Lipinski definition) is 1. The summed E-state index contributed by atoms with van der Waals surface area (Å²) in [4.78, 5) is 0. The molecule has 1 rings (SSSR count). The molecule has 1 aromatic carbocycles. The van der Waals surface area contributed by atoms with E-state index >= 15 is 0 Å². The van der Waals surface area contributed by atoms with Gasteiger partial charge in [-0.25, -0.2) is 0 Å². The molecular formula is C14H19N. The Morgan fingerprint density at radius 2 is 2.20 bits per heavy atom. The molecule has 1 aromatic rings. The van der Waals surface area contributed by atoms with Crippen molar-refractivity contribution >= 4 is 5.69 Å². The number of nitrogens with one attached hydrogen (secondary N) is 1. The highest BCUT2D eigenvalue weighted by Gasteiger charge is 1.95. The number of rotatable bonds is 5. The van der Waals surface area contributed by atoms with Gasteiger partial charge in [0.1, 0.15) is 0 Å². The lowest BCUT2D eigenvalue weighted by Crippen LogP contribution is -2.02. The summed E-state index contributed by atoms with van der Waals surface area (Å²) in [5.41, 5.74) is 2.05. The van der Waals surface area contributed by atoms with Crippen molar-refractivity contribution in [3.8, 4) is 12.3 Å². The van der Waals surface area contributed by atoms with Gasteiger partial charge in [-0.3, -0.25) is 0 Å². The molecule has 0 saturated heterocycles. The average Bonchev–Trinajstić information content (AvgIpc) is 2.24. The maximum atomic E-state index is 5.34. The predicted molar refractivity (Wildman–Crippen MR) is 66.9 cm³/mol. The largest absolute Gasteiger partial charge is 0.385 e. The Hall–Kier alpha value is -1.42. The van der Waals surface area contributed by atoms with E-state index in [9.17, 15) is 0 Å². The first-order valence-electron chi connectivity index (χ1n) is 5.53. The number of hydrogen-bond acceptors (Lipinski definition) is 1. The highest BCUT2D eigenvalue weighted by molar-refractivity contribution is 5.49. The molecule has 0 fully saturated rings. The van der Waals surface area contributed by atoms with Crippen molar-refractivity contribution < 1.29 is 0 Å². The standard InChI is InChI=1S/C14H19N/c1-4-13-8-5-9-14(11-13)15-10-6-7-12(2)3/h1,5,8-9,11-12,15H,6-7,10H2,2-3H3. The van der Waals surface area contributed by atoms with E-state index in [0.29, 0.717) is 0 Å². The van der Waals surface area contributed by atoms with Crippen molar-refractivity contribution in [3.63, 3.8) is 0 Å². The summed E-state index contributed by atoms with van der Waals surface area (Å²) in [6, 6.07) is 7.99. The lowest BCUT2D eigenvalue weighted by Gasteiger charge is -2.08. The first-order chi connectivity index (χ1) is 7.22. The Balaban J connectivity index is 2.35. The molecule has 0 aliphatic heterocycles. The smallest absolute Gasteiger partial charge is 0.0352 e. The molecule has 0 radical (unpaired) electrons. The van der Waals surface area contributed by atoms with Crippen LogP contribution in [0, 0.1) is 18.3 Å². The van der Waals surface area contributed by atoms with E-state index in [1.165, 1.54) is 12.8 Å². The Labute approximate surface area is 92.9 Å². The first-order valence-corrected chi connectivity index (χ1v) is 5.53. The van der Waals surface area contributed by atoms with Crippen LogP contribution in [0.3, 0.4) is 0 Å². The minimum atomic E-state index is 0.781. The van der Waals surface area contributed by atoms with Crippen LogP contribution in [0.5, 0.6) is 0 Å². The molecule has 80 valence electrons. The monoisotopic (exact) mass is 201 g/mol. The van der Waals surface area contributed by atoms with Gasteiger partial charge in [-0.15, -0.1) is 6.42 Å². The van der Waals surface area contributed by atoms with Crippen LogP contribution >= 0.6 is 0 Å². The van der Waals surface area contributed by atoms with Crippen molar-refractivity contribution in [2.24, 2.45) is 5.92 Å². The molecule has 0 aromatic heterocycles. The van der Waals surface area contributed by atoms with Gasteiger partial charge in [-0.05, 0) is 37.0 Å². The van der Waals surface area contributed by atoms with E-state index in [4.69, 9.17) is 6.42 Å². The molecule has 0 amide bonds. The summed E-state index contributed by atoms with van der Waals surface area (Å²) in [5, 5.41) is 3.38. The normalized spacial score (nSPS) is 10.0. The summed E-state index contributed by atoms with van der Waals surface area (Å²) in [6.07, 6.45) is 7.81. The Bertz CT molecular complexity index is 333. The van der Waals surface area contributed by atoms with Gasteiger partial charge in [0.15, 0.2) is 0 Å². The molecule has 0 aliphatic rings. The topological polar surface area (TPSA) is 12.0 Å². The number of terminal acetylenes is 1. The van der Waals surface area contributed by atoms with Crippen LogP contribution in [0.1, 0.15) is 32.3 Å². The average molecular weight is 201 g/mol. The van der Waals surface area contributed by atoms with Crippen LogP contribution < -0.4 is 5.32 Å². The summed E-state index contributed by atoms with van der Waals surface area (Å²) in [5.74, 6) is 3.42. The van der Waals surface area contributed by atoms with E-state index in [-0.39, 0.29) is 0 Å². The molecule has 0 heterocycles. The molecule has 0 atom stereocenters. The highest BCUT2D eigenvalue weighted by Crippen LogP contribution is 2.10. The third-order valence-electron chi connectivity index (χ3n) is 2.32. The molecule has 0 spiro atoms. The van der Waals surface area contributed by atoms with Gasteiger partial charge >= 0.3 is 0 Å². The summed E-state index contributed by atoms with van der Waals surface area (Å²) in [6.45, 7) is 5.52. The van der Waals surface area contributed by atoms with E-state index in [0.717, 1.165) is 23.7 Å². The van der Waals surface area contributed by atoms with Crippen LogP contribution in [-0.2, 0) is 0 Å². The van der Waals surface area contributed by atoms with Gasteiger partial charge < -0.3 is 5.32 Å². The van der Waals surface area contributed by atoms with Crippen LogP contribution in [0.25, 0.3) is 0 Å². The minimum Gasteiger partial charge on any atom is -0.385 e. The third kappa shape index (κ3) is 4.56. The Kier molecular flexibility index (Phi) is 4.77. The maximum Gasteiger partial charge on any atom is 0.0352 e. The zero-order chi connectivity index (χ0) is 11.1. The molecule has 0 aliphatic carbocycles. The van der Waals surface area contributed by atoms with Gasteiger partial charge in [-0.1, -0.05) is 25.8 Å². The Morgan fingerprint density at radius 3 is 2.87 bits per heavy atom.